The third kappa shape index (κ3) is 3.79. The van der Waals surface area contributed by atoms with Gasteiger partial charge < -0.3 is 14.5 Å². The van der Waals surface area contributed by atoms with Crippen LogP contribution in [-0.4, -0.2) is 69.6 Å². The third-order valence-corrected chi connectivity index (χ3v) is 6.95. The number of rotatable bonds is 5. The lowest BCUT2D eigenvalue weighted by Gasteiger charge is -2.41. The van der Waals surface area contributed by atoms with Crippen LogP contribution in [0.5, 0.6) is 5.75 Å². The smallest absolute Gasteiger partial charge is 0.260 e. The fourth-order valence-corrected chi connectivity index (χ4v) is 5.04. The van der Waals surface area contributed by atoms with Crippen molar-refractivity contribution in [3.63, 3.8) is 0 Å². The van der Waals surface area contributed by atoms with Crippen molar-refractivity contribution in [3.8, 4) is 5.75 Å². The summed E-state index contributed by atoms with van der Waals surface area (Å²) < 4.78 is 5.74. The zero-order valence-corrected chi connectivity index (χ0v) is 18.1. The number of nitrogens with one attached hydrogen (secondary N) is 1. The minimum atomic E-state index is -0.288. The number of likely N-dealkylation sites (tertiary alicyclic amines) is 2. The number of nitrogens with zero attached hydrogens (tertiary/aromatic N) is 4. The number of hydrogen-bond donors (Lipinski definition) is 1. The van der Waals surface area contributed by atoms with Crippen LogP contribution in [0.1, 0.15) is 36.5 Å². The zero-order valence-electron chi connectivity index (χ0n) is 18.1. The number of fused-ring (bicyclic) bond motifs is 1. The van der Waals surface area contributed by atoms with Gasteiger partial charge in [0.1, 0.15) is 11.6 Å². The summed E-state index contributed by atoms with van der Waals surface area (Å²) in [6, 6.07) is 7.72. The van der Waals surface area contributed by atoms with Crippen LogP contribution in [0.3, 0.4) is 0 Å². The number of aromatic nitrogens is 3. The Labute approximate surface area is 182 Å². The number of H-pyrrole nitrogens is 1. The first-order valence-electron chi connectivity index (χ1n) is 11.1. The molecular formula is C23H29N5O3. The molecule has 2 saturated heterocycles. The first-order valence-corrected chi connectivity index (χ1v) is 11.1. The number of carbonyl (C=O) groups excluding carboxylic acids is 2. The third-order valence-electron chi connectivity index (χ3n) is 6.95. The molecule has 164 valence electrons. The van der Waals surface area contributed by atoms with E-state index < -0.39 is 0 Å². The van der Waals surface area contributed by atoms with Crippen molar-refractivity contribution in [1.82, 2.24) is 25.0 Å². The summed E-state index contributed by atoms with van der Waals surface area (Å²) in [5.41, 5.74) is 0.810. The van der Waals surface area contributed by atoms with Crippen molar-refractivity contribution in [2.24, 2.45) is 11.8 Å². The maximum absolute atomic E-state index is 12.9. The number of ether oxygens (including phenoxy) is 1. The van der Waals surface area contributed by atoms with Crippen LogP contribution in [0, 0.1) is 25.7 Å². The first-order chi connectivity index (χ1) is 14.9. The SMILES string of the molecule is Cc1cccc(OCC(=O)N2CC[C@@]3(c4n[nH]c(C)n4)CN(C(=O)C4CC4)C[C@H]3C2)c1. The van der Waals surface area contributed by atoms with E-state index in [4.69, 9.17) is 4.74 Å². The van der Waals surface area contributed by atoms with Crippen LogP contribution in [0.2, 0.25) is 0 Å². The van der Waals surface area contributed by atoms with E-state index in [1.54, 1.807) is 0 Å². The summed E-state index contributed by atoms with van der Waals surface area (Å²) in [6.45, 7) is 6.43. The molecule has 0 radical (unpaired) electrons. The molecule has 3 aliphatic rings. The van der Waals surface area contributed by atoms with E-state index in [9.17, 15) is 9.59 Å². The van der Waals surface area contributed by atoms with Gasteiger partial charge in [-0.15, -0.1) is 0 Å². The summed E-state index contributed by atoms with van der Waals surface area (Å²) in [4.78, 5) is 34.2. The van der Waals surface area contributed by atoms with Crippen LogP contribution in [0.25, 0.3) is 0 Å². The topological polar surface area (TPSA) is 91.4 Å². The maximum Gasteiger partial charge on any atom is 0.260 e. The molecule has 1 N–H and O–H groups in total. The molecule has 2 amide bonds. The van der Waals surface area contributed by atoms with Gasteiger partial charge in [-0.05, 0) is 50.8 Å². The monoisotopic (exact) mass is 423 g/mol. The Balaban J connectivity index is 1.30. The minimum Gasteiger partial charge on any atom is -0.484 e. The normalized spacial score (nSPS) is 25.4. The van der Waals surface area contributed by atoms with Crippen molar-refractivity contribution in [2.45, 2.75) is 38.5 Å². The van der Waals surface area contributed by atoms with E-state index in [1.165, 1.54) is 0 Å². The van der Waals surface area contributed by atoms with Gasteiger partial charge in [0.2, 0.25) is 5.91 Å². The van der Waals surface area contributed by atoms with Gasteiger partial charge in [-0.1, -0.05) is 12.1 Å². The van der Waals surface area contributed by atoms with E-state index in [2.05, 4.69) is 15.2 Å². The predicted octanol–water partition coefficient (Wildman–Crippen LogP) is 1.84. The Morgan fingerprint density at radius 2 is 2.03 bits per heavy atom. The van der Waals surface area contributed by atoms with Crippen LogP contribution >= 0.6 is 0 Å². The van der Waals surface area contributed by atoms with Gasteiger partial charge in [0.05, 0.1) is 5.41 Å². The minimum absolute atomic E-state index is 0.0201. The number of benzene rings is 1. The largest absolute Gasteiger partial charge is 0.484 e. The molecule has 8 heteroatoms. The number of aromatic amines is 1. The number of amides is 2. The average molecular weight is 424 g/mol. The number of aryl methyl sites for hydroxylation is 2. The highest BCUT2D eigenvalue weighted by Crippen LogP contribution is 2.45. The molecule has 2 aliphatic heterocycles. The second-order valence-corrected chi connectivity index (χ2v) is 9.29. The number of carbonyl (C=O) groups is 2. The second kappa shape index (κ2) is 7.66. The molecule has 1 aromatic carbocycles. The molecular weight excluding hydrogens is 394 g/mol. The van der Waals surface area contributed by atoms with Gasteiger partial charge in [-0.3, -0.25) is 14.7 Å². The summed E-state index contributed by atoms with van der Waals surface area (Å²) in [6.07, 6.45) is 2.74. The lowest BCUT2D eigenvalue weighted by Crippen LogP contribution is -2.52. The molecule has 1 saturated carbocycles. The zero-order chi connectivity index (χ0) is 21.6. The van der Waals surface area contributed by atoms with Crippen LogP contribution in [0.4, 0.5) is 0 Å². The Morgan fingerprint density at radius 1 is 1.23 bits per heavy atom. The second-order valence-electron chi connectivity index (χ2n) is 9.29. The van der Waals surface area contributed by atoms with Crippen molar-refractivity contribution >= 4 is 11.8 Å². The van der Waals surface area contributed by atoms with Crippen molar-refractivity contribution in [2.75, 3.05) is 32.8 Å². The number of piperidine rings is 1. The molecule has 31 heavy (non-hydrogen) atoms. The fourth-order valence-electron chi connectivity index (χ4n) is 5.04. The standard InChI is InChI=1S/C23H29N5O3/c1-15-4-3-5-19(10-15)31-13-20(29)27-9-8-23(22-24-16(2)25-26-22)14-28(12-18(23)11-27)21(30)17-6-7-17/h3-5,10,17-18H,6-9,11-14H2,1-2H3,(H,24,25,26)/t18-,23-/m1/s1. The Hall–Kier alpha value is -2.90. The van der Waals surface area contributed by atoms with E-state index >= 15 is 0 Å². The molecule has 1 aliphatic carbocycles. The molecule has 0 spiro atoms. The fraction of sp³-hybridized carbons (Fsp3) is 0.565. The van der Waals surface area contributed by atoms with Crippen LogP contribution in [-0.2, 0) is 15.0 Å². The Morgan fingerprint density at radius 3 is 2.74 bits per heavy atom. The van der Waals surface area contributed by atoms with Crippen molar-refractivity contribution in [3.05, 3.63) is 41.5 Å². The van der Waals surface area contributed by atoms with Gasteiger partial charge >= 0.3 is 0 Å². The molecule has 8 nitrogen and oxygen atoms in total. The maximum atomic E-state index is 12.9. The molecule has 0 unspecified atom stereocenters. The number of hydrogen-bond acceptors (Lipinski definition) is 5. The van der Waals surface area contributed by atoms with E-state index in [1.807, 2.05) is 47.9 Å². The lowest BCUT2D eigenvalue weighted by atomic mass is 9.72. The van der Waals surface area contributed by atoms with E-state index in [0.29, 0.717) is 31.9 Å². The van der Waals surface area contributed by atoms with Gasteiger partial charge in [0, 0.05) is 38.0 Å². The highest BCUT2D eigenvalue weighted by molar-refractivity contribution is 5.82. The van der Waals surface area contributed by atoms with Crippen molar-refractivity contribution in [1.29, 1.82) is 0 Å². The van der Waals surface area contributed by atoms with E-state index in [0.717, 1.165) is 36.5 Å². The van der Waals surface area contributed by atoms with E-state index in [-0.39, 0.29) is 35.7 Å². The molecule has 0 bridgehead atoms. The van der Waals surface area contributed by atoms with Gasteiger partial charge in [-0.2, -0.15) is 5.10 Å². The van der Waals surface area contributed by atoms with Crippen LogP contribution < -0.4 is 4.74 Å². The summed E-state index contributed by atoms with van der Waals surface area (Å²) in [5.74, 6) is 2.81. The van der Waals surface area contributed by atoms with Gasteiger partial charge in [-0.25, -0.2) is 4.98 Å². The highest BCUT2D eigenvalue weighted by Gasteiger charge is 2.55. The lowest BCUT2D eigenvalue weighted by molar-refractivity contribution is -0.136. The molecule has 3 heterocycles. The molecule has 3 fully saturated rings. The van der Waals surface area contributed by atoms with Crippen molar-refractivity contribution < 1.29 is 14.3 Å². The van der Waals surface area contributed by atoms with Crippen LogP contribution in [0.15, 0.2) is 24.3 Å². The summed E-state index contributed by atoms with van der Waals surface area (Å²) >= 11 is 0. The average Bonchev–Trinajstić information content (AvgIpc) is 3.40. The predicted molar refractivity (Wildman–Crippen MR) is 113 cm³/mol. The molecule has 5 rings (SSSR count). The van der Waals surface area contributed by atoms with Gasteiger partial charge in [0.15, 0.2) is 12.4 Å². The Kier molecular flexibility index (Phi) is 4.95. The Bertz CT molecular complexity index is 1000. The quantitative estimate of drug-likeness (QED) is 0.792. The van der Waals surface area contributed by atoms with Gasteiger partial charge in [0.25, 0.3) is 5.91 Å². The summed E-state index contributed by atoms with van der Waals surface area (Å²) in [5, 5.41) is 7.44. The molecule has 2 aromatic rings. The summed E-state index contributed by atoms with van der Waals surface area (Å²) in [7, 11) is 0. The molecule has 1 aromatic heterocycles. The highest BCUT2D eigenvalue weighted by atomic mass is 16.5. The first kappa shape index (κ1) is 20.0. The molecule has 2 atom stereocenters.